The Morgan fingerprint density at radius 2 is 1.95 bits per heavy atom. The summed E-state index contributed by atoms with van der Waals surface area (Å²) >= 11 is 0. The highest BCUT2D eigenvalue weighted by molar-refractivity contribution is 5.85. The summed E-state index contributed by atoms with van der Waals surface area (Å²) in [6, 6.07) is 0.992. The number of nitrogens with one attached hydrogen (secondary N) is 1. The summed E-state index contributed by atoms with van der Waals surface area (Å²) in [5.41, 5.74) is 0. The maximum Gasteiger partial charge on any atom is 0.226 e. The van der Waals surface area contributed by atoms with E-state index in [0.29, 0.717) is 18.0 Å². The van der Waals surface area contributed by atoms with Crippen molar-refractivity contribution in [2.24, 2.45) is 11.8 Å². The second-order valence-corrected chi connectivity index (χ2v) is 6.78. The zero-order valence-electron chi connectivity index (χ0n) is 12.7. The molecule has 3 heterocycles. The molecule has 3 saturated heterocycles. The second-order valence-electron chi connectivity index (χ2n) is 6.78. The molecule has 0 aromatic carbocycles. The number of rotatable bonds is 1. The number of hydrogen-bond donors (Lipinski definition) is 1. The monoisotopic (exact) mass is 301 g/mol. The first-order valence-corrected chi connectivity index (χ1v) is 7.87. The quantitative estimate of drug-likeness (QED) is 0.794. The maximum absolute atomic E-state index is 12.8. The van der Waals surface area contributed by atoms with Crippen LogP contribution in [0.4, 0.5) is 0 Å². The number of likely N-dealkylation sites (tertiary alicyclic amines) is 2. The van der Waals surface area contributed by atoms with Crippen molar-refractivity contribution in [3.05, 3.63) is 0 Å². The van der Waals surface area contributed by atoms with E-state index in [9.17, 15) is 4.79 Å². The van der Waals surface area contributed by atoms with Crippen LogP contribution in [0.3, 0.4) is 0 Å². The third-order valence-corrected chi connectivity index (χ3v) is 5.32. The molecule has 1 N–H and O–H groups in total. The Bertz CT molecular complexity index is 352. The Kier molecular flexibility index (Phi) is 5.32. The topological polar surface area (TPSA) is 35.6 Å². The lowest BCUT2D eigenvalue weighted by Crippen LogP contribution is -2.51. The summed E-state index contributed by atoms with van der Waals surface area (Å²) in [5, 5.41) is 3.44. The number of piperidine rings is 2. The van der Waals surface area contributed by atoms with E-state index in [1.807, 2.05) is 0 Å². The van der Waals surface area contributed by atoms with Crippen LogP contribution < -0.4 is 5.32 Å². The van der Waals surface area contributed by atoms with Crippen LogP contribution >= 0.6 is 12.4 Å². The number of halogens is 1. The fraction of sp³-hybridized carbons (Fsp3) is 0.933. The standard InChI is InChI=1S/C15H27N3O.ClH/c1-11-9-13(3-6-16-11)15(19)18-8-5-12-4-7-17(2)10-14(12)18;/h11-14,16H,3-10H2,1-2H3;1H/t11-,12?,13-,14?;/m0./s1. The Balaban J connectivity index is 0.00000147. The number of likely N-dealkylation sites (N-methyl/N-ethyl adjacent to an activating group) is 1. The Morgan fingerprint density at radius 3 is 2.70 bits per heavy atom. The first-order chi connectivity index (χ1) is 9.15. The molecule has 5 heteroatoms. The molecule has 0 aliphatic carbocycles. The van der Waals surface area contributed by atoms with Crippen molar-refractivity contribution in [3.63, 3.8) is 0 Å². The molecule has 1 amide bonds. The number of carbonyl (C=O) groups is 1. The predicted octanol–water partition coefficient (Wildman–Crippen LogP) is 1.35. The molecule has 0 bridgehead atoms. The van der Waals surface area contributed by atoms with Crippen molar-refractivity contribution >= 4 is 18.3 Å². The molecule has 0 radical (unpaired) electrons. The minimum absolute atomic E-state index is 0. The first kappa shape index (κ1) is 16.1. The third kappa shape index (κ3) is 3.12. The van der Waals surface area contributed by atoms with Crippen LogP contribution in [0.25, 0.3) is 0 Å². The smallest absolute Gasteiger partial charge is 0.226 e. The summed E-state index contributed by atoms with van der Waals surface area (Å²) in [6.07, 6.45) is 4.54. The van der Waals surface area contributed by atoms with Crippen LogP contribution in [0.1, 0.15) is 32.6 Å². The Hall–Kier alpha value is -0.320. The normalized spacial score (nSPS) is 38.2. The van der Waals surface area contributed by atoms with E-state index < -0.39 is 0 Å². The number of fused-ring (bicyclic) bond motifs is 1. The van der Waals surface area contributed by atoms with E-state index >= 15 is 0 Å². The van der Waals surface area contributed by atoms with Crippen molar-refractivity contribution in [2.75, 3.05) is 33.2 Å². The molecule has 3 rings (SSSR count). The molecular weight excluding hydrogens is 274 g/mol. The van der Waals surface area contributed by atoms with E-state index in [4.69, 9.17) is 0 Å². The second kappa shape index (κ2) is 6.63. The summed E-state index contributed by atoms with van der Waals surface area (Å²) in [6.45, 7) is 6.48. The molecule has 0 saturated carbocycles. The van der Waals surface area contributed by atoms with Gasteiger partial charge in [0.2, 0.25) is 5.91 Å². The van der Waals surface area contributed by atoms with Gasteiger partial charge in [0, 0.05) is 31.1 Å². The molecule has 3 aliphatic heterocycles. The first-order valence-electron chi connectivity index (χ1n) is 7.87. The molecule has 0 spiro atoms. The molecule has 2 unspecified atom stereocenters. The average Bonchev–Trinajstić information content (AvgIpc) is 2.80. The molecular formula is C15H28ClN3O. The van der Waals surface area contributed by atoms with Crippen LogP contribution in [-0.2, 0) is 4.79 Å². The lowest BCUT2D eigenvalue weighted by molar-refractivity contribution is -0.138. The summed E-state index contributed by atoms with van der Waals surface area (Å²) in [7, 11) is 2.18. The van der Waals surface area contributed by atoms with Gasteiger partial charge in [-0.3, -0.25) is 4.79 Å². The van der Waals surface area contributed by atoms with Crippen LogP contribution in [0.15, 0.2) is 0 Å². The molecule has 3 aliphatic rings. The molecule has 0 aromatic rings. The zero-order chi connectivity index (χ0) is 13.4. The van der Waals surface area contributed by atoms with E-state index in [1.165, 1.54) is 19.4 Å². The number of hydrogen-bond acceptors (Lipinski definition) is 3. The minimum Gasteiger partial charge on any atom is -0.338 e. The van der Waals surface area contributed by atoms with Gasteiger partial charge in [0.15, 0.2) is 0 Å². The van der Waals surface area contributed by atoms with E-state index in [-0.39, 0.29) is 18.3 Å². The summed E-state index contributed by atoms with van der Waals surface area (Å²) < 4.78 is 0. The van der Waals surface area contributed by atoms with Gasteiger partial charge in [-0.25, -0.2) is 0 Å². The highest BCUT2D eigenvalue weighted by Gasteiger charge is 2.41. The van der Waals surface area contributed by atoms with Gasteiger partial charge >= 0.3 is 0 Å². The molecule has 116 valence electrons. The van der Waals surface area contributed by atoms with Gasteiger partial charge in [-0.2, -0.15) is 0 Å². The number of amides is 1. The molecule has 4 nitrogen and oxygen atoms in total. The largest absolute Gasteiger partial charge is 0.338 e. The fourth-order valence-electron chi connectivity index (χ4n) is 4.16. The van der Waals surface area contributed by atoms with Crippen LogP contribution in [0.5, 0.6) is 0 Å². The van der Waals surface area contributed by atoms with Gasteiger partial charge in [-0.1, -0.05) is 0 Å². The molecule has 20 heavy (non-hydrogen) atoms. The minimum atomic E-state index is 0. The van der Waals surface area contributed by atoms with Crippen molar-refractivity contribution in [2.45, 2.75) is 44.7 Å². The van der Waals surface area contributed by atoms with Gasteiger partial charge in [-0.15, -0.1) is 12.4 Å². The molecule has 0 aromatic heterocycles. The fourth-order valence-corrected chi connectivity index (χ4v) is 4.16. The SMILES string of the molecule is C[C@H]1C[C@@H](C(=O)N2CCC3CCN(C)CC32)CCN1.Cl. The lowest BCUT2D eigenvalue weighted by atomic mass is 9.90. The van der Waals surface area contributed by atoms with Gasteiger partial charge in [0.25, 0.3) is 0 Å². The van der Waals surface area contributed by atoms with E-state index in [1.54, 1.807) is 0 Å². The van der Waals surface area contributed by atoms with Crippen LogP contribution in [0, 0.1) is 11.8 Å². The van der Waals surface area contributed by atoms with Crippen molar-refractivity contribution in [1.29, 1.82) is 0 Å². The van der Waals surface area contributed by atoms with Crippen molar-refractivity contribution in [1.82, 2.24) is 15.1 Å². The van der Waals surface area contributed by atoms with Gasteiger partial charge in [0.1, 0.15) is 0 Å². The van der Waals surface area contributed by atoms with Crippen molar-refractivity contribution < 1.29 is 4.79 Å². The number of nitrogens with zero attached hydrogens (tertiary/aromatic N) is 2. The Morgan fingerprint density at radius 1 is 1.20 bits per heavy atom. The summed E-state index contributed by atoms with van der Waals surface area (Å²) in [4.78, 5) is 17.4. The van der Waals surface area contributed by atoms with Crippen LogP contribution in [-0.4, -0.2) is 61.0 Å². The highest BCUT2D eigenvalue weighted by atomic mass is 35.5. The van der Waals surface area contributed by atoms with Crippen molar-refractivity contribution in [3.8, 4) is 0 Å². The van der Waals surface area contributed by atoms with Gasteiger partial charge in [-0.05, 0) is 58.7 Å². The predicted molar refractivity (Wildman–Crippen MR) is 83.2 cm³/mol. The van der Waals surface area contributed by atoms with Gasteiger partial charge < -0.3 is 15.1 Å². The zero-order valence-corrected chi connectivity index (χ0v) is 13.5. The van der Waals surface area contributed by atoms with E-state index in [0.717, 1.165) is 38.4 Å². The highest BCUT2D eigenvalue weighted by Crippen LogP contribution is 2.33. The molecule has 3 fully saturated rings. The number of carbonyl (C=O) groups excluding carboxylic acids is 1. The third-order valence-electron chi connectivity index (χ3n) is 5.32. The van der Waals surface area contributed by atoms with E-state index in [2.05, 4.69) is 29.1 Å². The lowest BCUT2D eigenvalue weighted by Gasteiger charge is -2.39. The van der Waals surface area contributed by atoms with Crippen LogP contribution in [0.2, 0.25) is 0 Å². The van der Waals surface area contributed by atoms with Gasteiger partial charge in [0.05, 0.1) is 0 Å². The Labute approximate surface area is 128 Å². The maximum atomic E-state index is 12.8. The average molecular weight is 302 g/mol. The summed E-state index contributed by atoms with van der Waals surface area (Å²) in [5.74, 6) is 1.47. The molecule has 4 atom stereocenters.